The van der Waals surface area contributed by atoms with E-state index in [4.69, 9.17) is 0 Å². The Balaban J connectivity index is 1.38. The highest BCUT2D eigenvalue weighted by Crippen LogP contribution is 2.42. The third-order valence-corrected chi connectivity index (χ3v) is 5.64. The van der Waals surface area contributed by atoms with Crippen molar-refractivity contribution >= 4 is 11.7 Å². The summed E-state index contributed by atoms with van der Waals surface area (Å²) in [5, 5.41) is 7.62. The molecule has 1 aromatic rings. The summed E-state index contributed by atoms with van der Waals surface area (Å²) in [6.45, 7) is 1.85. The lowest BCUT2D eigenvalue weighted by molar-refractivity contribution is 0.218. The lowest BCUT2D eigenvalue weighted by atomic mass is 9.90. The molecule has 2 saturated carbocycles. The van der Waals surface area contributed by atoms with Crippen molar-refractivity contribution in [3.63, 3.8) is 0 Å². The number of hydrogen-bond donors (Lipinski definition) is 1. The number of aryl methyl sites for hydroxylation is 1. The van der Waals surface area contributed by atoms with E-state index < -0.39 is 0 Å². The molecule has 1 N–H and O–H groups in total. The number of nitrogens with one attached hydrogen (secondary N) is 1. The van der Waals surface area contributed by atoms with Crippen LogP contribution in [0.1, 0.15) is 56.6 Å². The molecule has 5 heteroatoms. The molecule has 3 aliphatic rings. The number of aromatic nitrogens is 2. The first-order valence-electron chi connectivity index (χ1n) is 8.80. The summed E-state index contributed by atoms with van der Waals surface area (Å²) in [5.74, 6) is 2.14. The summed E-state index contributed by atoms with van der Waals surface area (Å²) >= 11 is 0. The Kier molecular flexibility index (Phi) is 3.59. The molecule has 3 fully saturated rings. The normalized spacial score (nSPS) is 25.9. The minimum Gasteiger partial charge on any atom is -0.324 e. The second kappa shape index (κ2) is 5.60. The highest BCUT2D eigenvalue weighted by molar-refractivity contribution is 5.90. The van der Waals surface area contributed by atoms with Crippen LogP contribution in [0.2, 0.25) is 0 Å². The van der Waals surface area contributed by atoms with Crippen molar-refractivity contribution in [3.05, 3.63) is 11.9 Å². The number of rotatable bonds is 3. The van der Waals surface area contributed by atoms with Gasteiger partial charge in [0.15, 0.2) is 0 Å². The van der Waals surface area contributed by atoms with Crippen LogP contribution in [0.4, 0.5) is 10.5 Å². The zero-order valence-corrected chi connectivity index (χ0v) is 13.4. The predicted octanol–water partition coefficient (Wildman–Crippen LogP) is 3.34. The molecule has 1 atom stereocenters. The quantitative estimate of drug-likeness (QED) is 0.931. The third-order valence-electron chi connectivity index (χ3n) is 5.64. The van der Waals surface area contributed by atoms with Gasteiger partial charge in [-0.25, -0.2) is 4.79 Å². The van der Waals surface area contributed by atoms with Gasteiger partial charge in [-0.2, -0.15) is 5.10 Å². The van der Waals surface area contributed by atoms with Crippen LogP contribution in [-0.4, -0.2) is 33.8 Å². The van der Waals surface area contributed by atoms with Crippen molar-refractivity contribution in [1.29, 1.82) is 0 Å². The Morgan fingerprint density at radius 1 is 1.18 bits per heavy atom. The molecule has 1 unspecified atom stereocenters. The molecule has 0 bridgehead atoms. The maximum atomic E-state index is 12.6. The molecular weight excluding hydrogens is 276 g/mol. The number of carbonyl (C=O) groups is 1. The van der Waals surface area contributed by atoms with Gasteiger partial charge in [0.2, 0.25) is 0 Å². The third kappa shape index (κ3) is 2.73. The van der Waals surface area contributed by atoms with Crippen molar-refractivity contribution in [2.24, 2.45) is 18.9 Å². The molecule has 1 aromatic heterocycles. The number of anilines is 1. The summed E-state index contributed by atoms with van der Waals surface area (Å²) in [4.78, 5) is 14.6. The van der Waals surface area contributed by atoms with Gasteiger partial charge in [0, 0.05) is 32.3 Å². The van der Waals surface area contributed by atoms with Crippen molar-refractivity contribution in [3.8, 4) is 0 Å². The first kappa shape index (κ1) is 14.1. The van der Waals surface area contributed by atoms with E-state index >= 15 is 0 Å². The molecule has 1 aliphatic heterocycles. The van der Waals surface area contributed by atoms with E-state index in [9.17, 15) is 4.79 Å². The Labute approximate surface area is 132 Å². The lowest BCUT2D eigenvalue weighted by Gasteiger charge is -2.20. The van der Waals surface area contributed by atoms with Crippen LogP contribution in [0.25, 0.3) is 0 Å². The average Bonchev–Trinajstić information content (AvgIpc) is 2.95. The zero-order valence-electron chi connectivity index (χ0n) is 13.4. The van der Waals surface area contributed by atoms with Gasteiger partial charge < -0.3 is 10.2 Å². The van der Waals surface area contributed by atoms with E-state index in [1.807, 2.05) is 22.8 Å². The molecule has 4 rings (SSSR count). The minimum absolute atomic E-state index is 0.0652. The van der Waals surface area contributed by atoms with Crippen LogP contribution in [0.15, 0.2) is 6.20 Å². The molecule has 0 spiro atoms. The van der Waals surface area contributed by atoms with Gasteiger partial charge in [-0.15, -0.1) is 0 Å². The Hall–Kier alpha value is -1.52. The van der Waals surface area contributed by atoms with Crippen LogP contribution >= 0.6 is 0 Å². The van der Waals surface area contributed by atoms with Gasteiger partial charge in [0.05, 0.1) is 11.4 Å². The van der Waals surface area contributed by atoms with Crippen LogP contribution in [0.3, 0.4) is 0 Å². The summed E-state index contributed by atoms with van der Waals surface area (Å²) in [6, 6.07) is 0.0652. The highest BCUT2D eigenvalue weighted by Gasteiger charge is 2.34. The first-order chi connectivity index (χ1) is 10.7. The Morgan fingerprint density at radius 3 is 2.68 bits per heavy atom. The van der Waals surface area contributed by atoms with Crippen LogP contribution in [0.5, 0.6) is 0 Å². The molecule has 120 valence electrons. The van der Waals surface area contributed by atoms with Crippen molar-refractivity contribution in [1.82, 2.24) is 14.7 Å². The largest absolute Gasteiger partial charge is 0.324 e. The van der Waals surface area contributed by atoms with Gasteiger partial charge in [-0.1, -0.05) is 25.7 Å². The van der Waals surface area contributed by atoms with Gasteiger partial charge >= 0.3 is 6.03 Å². The zero-order chi connectivity index (χ0) is 15.1. The van der Waals surface area contributed by atoms with Gasteiger partial charge in [-0.05, 0) is 31.1 Å². The summed E-state index contributed by atoms with van der Waals surface area (Å²) in [7, 11) is 1.92. The number of amides is 2. The van der Waals surface area contributed by atoms with E-state index in [0.29, 0.717) is 5.92 Å². The van der Waals surface area contributed by atoms with E-state index in [-0.39, 0.29) is 6.03 Å². The predicted molar refractivity (Wildman–Crippen MR) is 85.8 cm³/mol. The standard InChI is InChI=1S/C17H26N4O/c1-20-11-15(16(19-20)13-6-7-13)18-17(22)21-9-8-14(10-21)12-4-2-3-5-12/h11-14H,2-10H2,1H3,(H,18,22). The second-order valence-electron chi connectivity index (χ2n) is 7.35. The molecular formula is C17H26N4O. The summed E-state index contributed by atoms with van der Waals surface area (Å²) in [6.07, 6.45) is 11.0. The topological polar surface area (TPSA) is 50.2 Å². The molecule has 2 amide bonds. The minimum atomic E-state index is 0.0652. The van der Waals surface area contributed by atoms with Gasteiger partial charge in [0.25, 0.3) is 0 Å². The lowest BCUT2D eigenvalue weighted by Crippen LogP contribution is -2.33. The molecule has 5 nitrogen and oxygen atoms in total. The highest BCUT2D eigenvalue weighted by atomic mass is 16.2. The fraction of sp³-hybridized carbons (Fsp3) is 0.765. The van der Waals surface area contributed by atoms with E-state index in [0.717, 1.165) is 36.3 Å². The maximum absolute atomic E-state index is 12.6. The van der Waals surface area contributed by atoms with Crippen molar-refractivity contribution in [2.75, 3.05) is 18.4 Å². The molecule has 0 radical (unpaired) electrons. The first-order valence-corrected chi connectivity index (χ1v) is 8.80. The van der Waals surface area contributed by atoms with Crippen LogP contribution < -0.4 is 5.32 Å². The fourth-order valence-corrected chi connectivity index (χ4v) is 4.24. The van der Waals surface area contributed by atoms with Crippen LogP contribution in [0, 0.1) is 11.8 Å². The molecule has 22 heavy (non-hydrogen) atoms. The molecule has 2 aliphatic carbocycles. The monoisotopic (exact) mass is 302 g/mol. The summed E-state index contributed by atoms with van der Waals surface area (Å²) < 4.78 is 1.81. The smallest absolute Gasteiger partial charge is 0.321 e. The number of carbonyl (C=O) groups excluding carboxylic acids is 1. The number of urea groups is 1. The fourth-order valence-electron chi connectivity index (χ4n) is 4.24. The number of likely N-dealkylation sites (tertiary alicyclic amines) is 1. The van der Waals surface area contributed by atoms with E-state index in [1.54, 1.807) is 0 Å². The van der Waals surface area contributed by atoms with Crippen molar-refractivity contribution in [2.45, 2.75) is 50.9 Å². The van der Waals surface area contributed by atoms with E-state index in [2.05, 4.69) is 10.4 Å². The maximum Gasteiger partial charge on any atom is 0.321 e. The average molecular weight is 302 g/mol. The van der Waals surface area contributed by atoms with E-state index in [1.165, 1.54) is 44.9 Å². The van der Waals surface area contributed by atoms with Crippen molar-refractivity contribution < 1.29 is 4.79 Å². The SMILES string of the molecule is Cn1cc(NC(=O)N2CCC(C3CCCC3)C2)c(C2CC2)n1. The molecule has 2 heterocycles. The number of hydrogen-bond acceptors (Lipinski definition) is 2. The molecule has 1 saturated heterocycles. The van der Waals surface area contributed by atoms with Gasteiger partial charge in [0.1, 0.15) is 0 Å². The van der Waals surface area contributed by atoms with Gasteiger partial charge in [-0.3, -0.25) is 4.68 Å². The Morgan fingerprint density at radius 2 is 1.95 bits per heavy atom. The number of nitrogens with zero attached hydrogens (tertiary/aromatic N) is 3. The summed E-state index contributed by atoms with van der Waals surface area (Å²) in [5.41, 5.74) is 1.99. The van der Waals surface area contributed by atoms with Crippen LogP contribution in [-0.2, 0) is 7.05 Å². The second-order valence-corrected chi connectivity index (χ2v) is 7.35. The molecule has 0 aromatic carbocycles. The Bertz CT molecular complexity index is 557.